The van der Waals surface area contributed by atoms with E-state index >= 15 is 0 Å². The standard InChI is InChI=1S/C24H31N3O5S/c1-4-5-6-7-14-32-21-10-8-19(9-11-21)24(29)25-26-33(30,31)22-12-13-23-20(16-22)15-17(2)27(23)18(3)28/h8-13,16-17,26H,4-7,14-15H2,1-3H3,(H,25,29). The van der Waals surface area contributed by atoms with Gasteiger partial charge in [0, 0.05) is 24.2 Å². The zero-order valence-electron chi connectivity index (χ0n) is 19.3. The molecule has 0 aliphatic carbocycles. The number of anilines is 1. The number of amides is 2. The number of hydrazine groups is 1. The minimum absolute atomic E-state index is 0.0194. The number of carbonyl (C=O) groups excluding carboxylic acids is 2. The first kappa shape index (κ1) is 24.7. The second-order valence-corrected chi connectivity index (χ2v) is 9.91. The summed E-state index contributed by atoms with van der Waals surface area (Å²) in [5, 5.41) is 0. The van der Waals surface area contributed by atoms with Crippen molar-refractivity contribution >= 4 is 27.5 Å². The molecule has 0 bridgehead atoms. The van der Waals surface area contributed by atoms with Crippen LogP contribution in [0.3, 0.4) is 0 Å². The molecular formula is C24H31N3O5S. The van der Waals surface area contributed by atoms with Crippen LogP contribution in [0.4, 0.5) is 5.69 Å². The molecule has 2 aromatic carbocycles. The van der Waals surface area contributed by atoms with Gasteiger partial charge in [-0.25, -0.2) is 8.42 Å². The molecule has 0 saturated carbocycles. The number of benzene rings is 2. The van der Waals surface area contributed by atoms with E-state index in [1.165, 1.54) is 25.5 Å². The van der Waals surface area contributed by atoms with Crippen LogP contribution in [-0.2, 0) is 21.2 Å². The Bertz CT molecular complexity index is 1100. The predicted molar refractivity (Wildman–Crippen MR) is 127 cm³/mol. The van der Waals surface area contributed by atoms with Gasteiger partial charge in [0.15, 0.2) is 0 Å². The molecule has 33 heavy (non-hydrogen) atoms. The number of sulfonamides is 1. The fourth-order valence-electron chi connectivity index (χ4n) is 3.92. The maximum atomic E-state index is 12.7. The van der Waals surface area contributed by atoms with Crippen molar-refractivity contribution in [2.75, 3.05) is 11.5 Å². The van der Waals surface area contributed by atoms with Crippen LogP contribution in [-0.4, -0.2) is 32.9 Å². The summed E-state index contributed by atoms with van der Waals surface area (Å²) in [6.07, 6.45) is 5.01. The van der Waals surface area contributed by atoms with Crippen LogP contribution in [0.25, 0.3) is 0 Å². The Morgan fingerprint density at radius 1 is 1.09 bits per heavy atom. The Morgan fingerprint density at radius 2 is 1.82 bits per heavy atom. The molecule has 0 spiro atoms. The Kier molecular flexibility index (Phi) is 8.10. The minimum atomic E-state index is -3.98. The van der Waals surface area contributed by atoms with Crippen molar-refractivity contribution in [2.45, 2.75) is 63.8 Å². The topological polar surface area (TPSA) is 105 Å². The third-order valence-corrected chi connectivity index (χ3v) is 6.84. The van der Waals surface area contributed by atoms with Crippen LogP contribution in [0.15, 0.2) is 47.4 Å². The van der Waals surface area contributed by atoms with Gasteiger partial charge < -0.3 is 9.64 Å². The molecule has 3 rings (SSSR count). The number of carbonyl (C=O) groups is 2. The SMILES string of the molecule is CCCCCCOc1ccc(C(=O)NNS(=O)(=O)c2ccc3c(c2)CC(C)N3C(C)=O)cc1. The normalized spacial score (nSPS) is 15.2. The molecule has 1 heterocycles. The third kappa shape index (κ3) is 6.11. The summed E-state index contributed by atoms with van der Waals surface area (Å²) in [5.74, 6) is -0.00336. The molecule has 1 atom stereocenters. The van der Waals surface area contributed by atoms with E-state index in [1.807, 2.05) is 6.92 Å². The molecule has 0 aromatic heterocycles. The predicted octanol–water partition coefficient (Wildman–Crippen LogP) is 3.57. The lowest BCUT2D eigenvalue weighted by molar-refractivity contribution is -0.116. The summed E-state index contributed by atoms with van der Waals surface area (Å²) in [4.78, 5) is 28.1. The molecule has 0 saturated heterocycles. The molecular weight excluding hydrogens is 442 g/mol. The lowest BCUT2D eigenvalue weighted by Crippen LogP contribution is -2.41. The van der Waals surface area contributed by atoms with Crippen molar-refractivity contribution in [3.63, 3.8) is 0 Å². The molecule has 1 aliphatic rings. The molecule has 8 nitrogen and oxygen atoms in total. The second-order valence-electron chi connectivity index (χ2n) is 8.23. The van der Waals surface area contributed by atoms with E-state index in [4.69, 9.17) is 4.74 Å². The van der Waals surface area contributed by atoms with Crippen molar-refractivity contribution in [3.8, 4) is 5.75 Å². The van der Waals surface area contributed by atoms with Gasteiger partial charge in [0.1, 0.15) is 5.75 Å². The van der Waals surface area contributed by atoms with Gasteiger partial charge in [-0.3, -0.25) is 15.0 Å². The van der Waals surface area contributed by atoms with Crippen molar-refractivity contribution in [3.05, 3.63) is 53.6 Å². The summed E-state index contributed by atoms with van der Waals surface area (Å²) in [5.41, 5.74) is 4.04. The summed E-state index contributed by atoms with van der Waals surface area (Å²) in [6.45, 7) is 6.17. The zero-order valence-corrected chi connectivity index (χ0v) is 20.1. The van der Waals surface area contributed by atoms with E-state index in [0.29, 0.717) is 30.0 Å². The maximum Gasteiger partial charge on any atom is 0.266 e. The van der Waals surface area contributed by atoms with E-state index in [9.17, 15) is 18.0 Å². The molecule has 2 aromatic rings. The molecule has 2 N–H and O–H groups in total. The van der Waals surface area contributed by atoms with Crippen LogP contribution in [0.2, 0.25) is 0 Å². The molecule has 0 fully saturated rings. The first-order chi connectivity index (χ1) is 15.7. The zero-order chi connectivity index (χ0) is 24.0. The van der Waals surface area contributed by atoms with Gasteiger partial charge in [-0.05, 0) is 67.8 Å². The third-order valence-electron chi connectivity index (χ3n) is 5.60. The summed E-state index contributed by atoms with van der Waals surface area (Å²) >= 11 is 0. The van der Waals surface area contributed by atoms with Crippen molar-refractivity contribution in [1.29, 1.82) is 0 Å². The number of unbranched alkanes of at least 4 members (excludes halogenated alkanes) is 3. The average Bonchev–Trinajstić information content (AvgIpc) is 3.13. The van der Waals surface area contributed by atoms with Gasteiger partial charge in [-0.1, -0.05) is 26.2 Å². The van der Waals surface area contributed by atoms with Crippen LogP contribution in [0, 0.1) is 0 Å². The molecule has 2 amide bonds. The van der Waals surface area contributed by atoms with Crippen molar-refractivity contribution in [1.82, 2.24) is 10.3 Å². The fourth-order valence-corrected chi connectivity index (χ4v) is 4.81. The number of ether oxygens (including phenoxy) is 1. The van der Waals surface area contributed by atoms with Crippen LogP contribution in [0.1, 0.15) is 62.4 Å². The van der Waals surface area contributed by atoms with Gasteiger partial charge in [-0.2, -0.15) is 0 Å². The highest BCUT2D eigenvalue weighted by molar-refractivity contribution is 7.89. The summed E-state index contributed by atoms with van der Waals surface area (Å²) in [6, 6.07) is 11.1. The summed E-state index contributed by atoms with van der Waals surface area (Å²) in [7, 11) is -3.98. The fraction of sp³-hybridized carbons (Fsp3) is 0.417. The Balaban J connectivity index is 1.58. The first-order valence-corrected chi connectivity index (χ1v) is 12.7. The number of hydrogen-bond donors (Lipinski definition) is 2. The maximum absolute atomic E-state index is 12.7. The van der Waals surface area contributed by atoms with Gasteiger partial charge in [0.2, 0.25) is 5.91 Å². The second kappa shape index (κ2) is 10.8. The quantitative estimate of drug-likeness (QED) is 0.405. The number of fused-ring (bicyclic) bond motifs is 1. The highest BCUT2D eigenvalue weighted by Gasteiger charge is 2.30. The van der Waals surface area contributed by atoms with Crippen LogP contribution in [0.5, 0.6) is 5.75 Å². The van der Waals surface area contributed by atoms with Crippen molar-refractivity contribution < 1.29 is 22.7 Å². The van der Waals surface area contributed by atoms with E-state index in [0.717, 1.165) is 24.8 Å². The monoisotopic (exact) mass is 473 g/mol. The Morgan fingerprint density at radius 3 is 2.48 bits per heavy atom. The van der Waals surface area contributed by atoms with Crippen LogP contribution >= 0.6 is 0 Å². The number of nitrogens with zero attached hydrogens (tertiary/aromatic N) is 1. The minimum Gasteiger partial charge on any atom is -0.494 e. The summed E-state index contributed by atoms with van der Waals surface area (Å²) < 4.78 is 31.0. The van der Waals surface area contributed by atoms with E-state index in [-0.39, 0.29) is 16.8 Å². The smallest absolute Gasteiger partial charge is 0.266 e. The highest BCUT2D eigenvalue weighted by atomic mass is 32.2. The Labute approximate surface area is 195 Å². The lowest BCUT2D eigenvalue weighted by atomic mass is 10.1. The molecule has 0 radical (unpaired) electrons. The van der Waals surface area contributed by atoms with Gasteiger partial charge in [-0.15, -0.1) is 4.83 Å². The largest absolute Gasteiger partial charge is 0.494 e. The molecule has 1 unspecified atom stereocenters. The highest BCUT2D eigenvalue weighted by Crippen LogP contribution is 2.33. The van der Waals surface area contributed by atoms with E-state index in [2.05, 4.69) is 17.2 Å². The van der Waals surface area contributed by atoms with Crippen LogP contribution < -0.4 is 19.9 Å². The molecule has 178 valence electrons. The number of nitrogens with one attached hydrogen (secondary N) is 2. The Hall–Kier alpha value is -2.91. The number of hydrogen-bond acceptors (Lipinski definition) is 5. The lowest BCUT2D eigenvalue weighted by Gasteiger charge is -2.20. The van der Waals surface area contributed by atoms with Gasteiger partial charge in [0.25, 0.3) is 15.9 Å². The van der Waals surface area contributed by atoms with E-state index < -0.39 is 15.9 Å². The first-order valence-electron chi connectivity index (χ1n) is 11.2. The van der Waals surface area contributed by atoms with Crippen molar-refractivity contribution in [2.24, 2.45) is 0 Å². The van der Waals surface area contributed by atoms with Gasteiger partial charge in [0.05, 0.1) is 11.5 Å². The van der Waals surface area contributed by atoms with Gasteiger partial charge >= 0.3 is 0 Å². The molecule has 1 aliphatic heterocycles. The number of rotatable bonds is 10. The van der Waals surface area contributed by atoms with E-state index in [1.54, 1.807) is 35.2 Å². The average molecular weight is 474 g/mol. The molecule has 9 heteroatoms.